The Bertz CT molecular complexity index is 507. The summed E-state index contributed by atoms with van der Waals surface area (Å²) in [4.78, 5) is 22.6. The van der Waals surface area contributed by atoms with Gasteiger partial charge in [-0.2, -0.15) is 0 Å². The molecule has 0 aromatic heterocycles. The summed E-state index contributed by atoms with van der Waals surface area (Å²) in [5, 5.41) is 19.0. The standard InChI is InChI=1S/C21H34O5/c1-4-26-15-21(2,3)19(23)14-12-16-11-13-18(22)17(16)9-7-5-6-8-10-20(24)25/h5,7,12,14,16-17,19,23H,4,6,8-11,13,15H2,1-3H3,(H,24,25). The highest BCUT2D eigenvalue weighted by atomic mass is 16.5. The van der Waals surface area contributed by atoms with Crippen molar-refractivity contribution in [3.63, 3.8) is 0 Å². The van der Waals surface area contributed by atoms with Crippen molar-refractivity contribution in [2.45, 2.75) is 65.4 Å². The molecule has 148 valence electrons. The van der Waals surface area contributed by atoms with E-state index in [1.807, 2.05) is 45.1 Å². The van der Waals surface area contributed by atoms with Crippen LogP contribution >= 0.6 is 0 Å². The Morgan fingerprint density at radius 3 is 2.77 bits per heavy atom. The lowest BCUT2D eigenvalue weighted by Gasteiger charge is -2.28. The minimum absolute atomic E-state index is 0.0378. The van der Waals surface area contributed by atoms with Crippen molar-refractivity contribution < 1.29 is 24.5 Å². The number of hydrogen-bond acceptors (Lipinski definition) is 4. The number of Topliss-reactive ketones (excluding diaryl/α,β-unsaturated/α-hetero) is 1. The number of aliphatic hydroxyl groups is 1. The molecule has 5 nitrogen and oxygen atoms in total. The molecule has 0 spiro atoms. The normalized spacial score (nSPS) is 22.5. The van der Waals surface area contributed by atoms with Gasteiger partial charge in [-0.25, -0.2) is 0 Å². The summed E-state index contributed by atoms with van der Waals surface area (Å²) in [6.07, 6.45) is 10.8. The molecular weight excluding hydrogens is 332 g/mol. The zero-order valence-corrected chi connectivity index (χ0v) is 16.3. The number of hydrogen-bond donors (Lipinski definition) is 2. The third kappa shape index (κ3) is 7.83. The zero-order chi connectivity index (χ0) is 19.6. The molecule has 3 unspecified atom stereocenters. The molecule has 1 rings (SSSR count). The monoisotopic (exact) mass is 366 g/mol. The van der Waals surface area contributed by atoms with Gasteiger partial charge in [-0.05, 0) is 38.5 Å². The molecule has 0 heterocycles. The van der Waals surface area contributed by atoms with E-state index in [2.05, 4.69) is 0 Å². The first kappa shape index (κ1) is 22.6. The second kappa shape index (κ2) is 11.3. The van der Waals surface area contributed by atoms with E-state index >= 15 is 0 Å². The van der Waals surface area contributed by atoms with Crippen LogP contribution in [-0.4, -0.2) is 41.3 Å². The number of rotatable bonds is 12. The van der Waals surface area contributed by atoms with Crippen LogP contribution < -0.4 is 0 Å². The maximum atomic E-state index is 12.1. The van der Waals surface area contributed by atoms with Crippen LogP contribution in [0.25, 0.3) is 0 Å². The fourth-order valence-corrected chi connectivity index (χ4v) is 3.16. The van der Waals surface area contributed by atoms with Gasteiger partial charge in [-0.3, -0.25) is 9.59 Å². The first-order valence-corrected chi connectivity index (χ1v) is 9.61. The number of unbranched alkanes of at least 4 members (excludes halogenated alkanes) is 1. The van der Waals surface area contributed by atoms with Gasteiger partial charge in [0.2, 0.25) is 0 Å². The van der Waals surface area contributed by atoms with Crippen LogP contribution in [0.2, 0.25) is 0 Å². The van der Waals surface area contributed by atoms with E-state index < -0.39 is 12.1 Å². The van der Waals surface area contributed by atoms with Crippen LogP contribution in [0.3, 0.4) is 0 Å². The number of carbonyl (C=O) groups excluding carboxylic acids is 1. The molecule has 1 saturated carbocycles. The summed E-state index contributed by atoms with van der Waals surface area (Å²) < 4.78 is 5.44. The van der Waals surface area contributed by atoms with Crippen molar-refractivity contribution in [1.82, 2.24) is 0 Å². The van der Waals surface area contributed by atoms with Crippen LogP contribution in [0.4, 0.5) is 0 Å². The van der Waals surface area contributed by atoms with E-state index in [1.165, 1.54) is 0 Å². The Hall–Kier alpha value is -1.46. The van der Waals surface area contributed by atoms with Gasteiger partial charge in [0.1, 0.15) is 5.78 Å². The predicted molar refractivity (Wildman–Crippen MR) is 102 cm³/mol. The number of ether oxygens (including phenoxy) is 1. The molecule has 5 heteroatoms. The largest absolute Gasteiger partial charge is 0.481 e. The zero-order valence-electron chi connectivity index (χ0n) is 16.3. The minimum Gasteiger partial charge on any atom is -0.481 e. The lowest BCUT2D eigenvalue weighted by molar-refractivity contribution is -0.137. The lowest BCUT2D eigenvalue weighted by atomic mass is 9.85. The average Bonchev–Trinajstić information content (AvgIpc) is 2.93. The van der Waals surface area contributed by atoms with Crippen molar-refractivity contribution >= 4 is 11.8 Å². The maximum Gasteiger partial charge on any atom is 0.303 e. The third-order valence-electron chi connectivity index (χ3n) is 4.99. The second-order valence-corrected chi connectivity index (χ2v) is 7.72. The molecule has 0 saturated heterocycles. The van der Waals surface area contributed by atoms with Crippen LogP contribution in [0, 0.1) is 17.3 Å². The Morgan fingerprint density at radius 2 is 2.12 bits per heavy atom. The Morgan fingerprint density at radius 1 is 1.38 bits per heavy atom. The summed E-state index contributed by atoms with van der Waals surface area (Å²) in [6.45, 7) is 6.98. The van der Waals surface area contributed by atoms with Gasteiger partial charge in [0, 0.05) is 30.8 Å². The molecule has 0 aromatic rings. The van der Waals surface area contributed by atoms with E-state index in [-0.39, 0.29) is 29.5 Å². The number of allylic oxidation sites excluding steroid dienone is 3. The minimum atomic E-state index is -0.777. The lowest BCUT2D eigenvalue weighted by Crippen LogP contribution is -2.32. The van der Waals surface area contributed by atoms with Crippen LogP contribution in [0.1, 0.15) is 59.3 Å². The molecule has 2 N–H and O–H groups in total. The highest BCUT2D eigenvalue weighted by molar-refractivity contribution is 5.83. The van der Waals surface area contributed by atoms with Crippen LogP contribution in [-0.2, 0) is 14.3 Å². The SMILES string of the molecule is CCOCC(C)(C)C(O)C=CC1CCC(=O)C1CC=CCCCC(=O)O. The highest BCUT2D eigenvalue weighted by Gasteiger charge is 2.33. The molecule has 1 aliphatic rings. The molecule has 3 atom stereocenters. The predicted octanol–water partition coefficient (Wildman–Crippen LogP) is 3.76. The molecule has 26 heavy (non-hydrogen) atoms. The van der Waals surface area contributed by atoms with E-state index in [9.17, 15) is 14.7 Å². The van der Waals surface area contributed by atoms with Crippen LogP contribution in [0.5, 0.6) is 0 Å². The van der Waals surface area contributed by atoms with Gasteiger partial charge in [0.05, 0.1) is 12.7 Å². The van der Waals surface area contributed by atoms with Crippen molar-refractivity contribution in [2.24, 2.45) is 17.3 Å². The molecule has 0 radical (unpaired) electrons. The molecule has 0 aliphatic heterocycles. The highest BCUT2D eigenvalue weighted by Crippen LogP contribution is 2.33. The van der Waals surface area contributed by atoms with Gasteiger partial charge in [0.25, 0.3) is 0 Å². The Labute approximate surface area is 157 Å². The topological polar surface area (TPSA) is 83.8 Å². The van der Waals surface area contributed by atoms with E-state index in [1.54, 1.807) is 0 Å². The first-order valence-electron chi connectivity index (χ1n) is 9.61. The van der Waals surface area contributed by atoms with Gasteiger partial charge in [-0.1, -0.05) is 38.2 Å². The molecule has 1 fully saturated rings. The van der Waals surface area contributed by atoms with E-state index in [4.69, 9.17) is 9.84 Å². The molecule has 0 amide bonds. The van der Waals surface area contributed by atoms with Crippen molar-refractivity contribution in [1.29, 1.82) is 0 Å². The van der Waals surface area contributed by atoms with E-state index in [0.717, 1.165) is 12.8 Å². The number of carboxylic acid groups (broad SMARTS) is 1. The second-order valence-electron chi connectivity index (χ2n) is 7.72. The molecule has 0 aromatic carbocycles. The van der Waals surface area contributed by atoms with Gasteiger partial charge < -0.3 is 14.9 Å². The number of carbonyl (C=O) groups is 2. The summed E-state index contributed by atoms with van der Waals surface area (Å²) in [5.74, 6) is -0.383. The van der Waals surface area contributed by atoms with Crippen molar-refractivity contribution in [3.05, 3.63) is 24.3 Å². The average molecular weight is 366 g/mol. The summed E-state index contributed by atoms with van der Waals surface area (Å²) >= 11 is 0. The number of aliphatic carboxylic acids is 1. The molecule has 0 bridgehead atoms. The summed E-state index contributed by atoms with van der Waals surface area (Å²) in [5.41, 5.74) is -0.366. The fraction of sp³-hybridized carbons (Fsp3) is 0.714. The Kier molecular flexibility index (Phi) is 9.81. The number of ketones is 1. The van der Waals surface area contributed by atoms with Crippen molar-refractivity contribution in [3.8, 4) is 0 Å². The number of aliphatic hydroxyl groups excluding tert-OH is 1. The van der Waals surface area contributed by atoms with Gasteiger partial charge in [0.15, 0.2) is 0 Å². The summed E-state index contributed by atoms with van der Waals surface area (Å²) in [6, 6.07) is 0. The third-order valence-corrected chi connectivity index (χ3v) is 4.99. The van der Waals surface area contributed by atoms with E-state index in [0.29, 0.717) is 32.5 Å². The summed E-state index contributed by atoms with van der Waals surface area (Å²) in [7, 11) is 0. The first-order chi connectivity index (χ1) is 12.3. The number of carboxylic acids is 1. The van der Waals surface area contributed by atoms with Crippen LogP contribution in [0.15, 0.2) is 24.3 Å². The van der Waals surface area contributed by atoms with Crippen molar-refractivity contribution in [2.75, 3.05) is 13.2 Å². The quantitative estimate of drug-likeness (QED) is 0.406. The smallest absolute Gasteiger partial charge is 0.303 e. The van der Waals surface area contributed by atoms with Gasteiger partial charge >= 0.3 is 5.97 Å². The maximum absolute atomic E-state index is 12.1. The fourth-order valence-electron chi connectivity index (χ4n) is 3.16. The molecule has 1 aliphatic carbocycles. The van der Waals surface area contributed by atoms with Gasteiger partial charge in [-0.15, -0.1) is 0 Å². The Balaban J connectivity index is 2.52. The molecular formula is C21H34O5.